The Hall–Kier alpha value is -4.12. The highest BCUT2D eigenvalue weighted by Gasteiger charge is 2.36. The van der Waals surface area contributed by atoms with E-state index in [1.54, 1.807) is 43.3 Å². The van der Waals surface area contributed by atoms with Crippen LogP contribution in [0.2, 0.25) is 0 Å². The maximum absolute atomic E-state index is 13.6. The SMILES string of the molecule is [C-]#[N+]c1c(C(F)(F)F)cc(-c2cccc(C)c2)n(Cc2coc(-c3ccccc3)n2)c1=O. The molecule has 0 spiro atoms. The van der Waals surface area contributed by atoms with Crippen molar-refractivity contribution < 1.29 is 17.6 Å². The fraction of sp³-hybridized carbons (Fsp3) is 0.125. The van der Waals surface area contributed by atoms with E-state index in [2.05, 4.69) is 9.83 Å². The van der Waals surface area contributed by atoms with Crippen LogP contribution in [0.25, 0.3) is 27.6 Å². The van der Waals surface area contributed by atoms with Gasteiger partial charge in [0.05, 0.1) is 24.4 Å². The van der Waals surface area contributed by atoms with E-state index in [1.165, 1.54) is 6.26 Å². The number of hydrogen-bond acceptors (Lipinski definition) is 3. The maximum atomic E-state index is 13.6. The lowest BCUT2D eigenvalue weighted by Gasteiger charge is -2.17. The molecule has 0 amide bonds. The van der Waals surface area contributed by atoms with Crippen molar-refractivity contribution in [3.8, 4) is 22.7 Å². The lowest BCUT2D eigenvalue weighted by atomic mass is 10.0. The number of aryl methyl sites for hydroxylation is 1. The van der Waals surface area contributed by atoms with Crippen molar-refractivity contribution in [3.05, 3.63) is 106 Å². The van der Waals surface area contributed by atoms with Gasteiger partial charge in [-0.15, -0.1) is 0 Å². The number of benzene rings is 2. The summed E-state index contributed by atoms with van der Waals surface area (Å²) in [5.41, 5.74) is -0.905. The molecule has 0 N–H and O–H groups in total. The summed E-state index contributed by atoms with van der Waals surface area (Å²) < 4.78 is 47.5. The van der Waals surface area contributed by atoms with Gasteiger partial charge < -0.3 is 8.98 Å². The van der Waals surface area contributed by atoms with Gasteiger partial charge in [-0.3, -0.25) is 4.79 Å². The topological polar surface area (TPSA) is 52.4 Å². The molecule has 4 rings (SSSR count). The molecule has 0 saturated carbocycles. The molecule has 160 valence electrons. The highest BCUT2D eigenvalue weighted by Crippen LogP contribution is 2.37. The first-order valence-corrected chi connectivity index (χ1v) is 9.57. The number of hydrogen-bond donors (Lipinski definition) is 0. The van der Waals surface area contributed by atoms with E-state index in [0.717, 1.165) is 21.8 Å². The number of alkyl halides is 3. The molecule has 0 aliphatic rings. The van der Waals surface area contributed by atoms with E-state index in [9.17, 15) is 18.0 Å². The van der Waals surface area contributed by atoms with Crippen molar-refractivity contribution in [1.82, 2.24) is 9.55 Å². The Morgan fingerprint density at radius 1 is 1.06 bits per heavy atom. The van der Waals surface area contributed by atoms with Crippen LogP contribution in [-0.2, 0) is 12.7 Å². The van der Waals surface area contributed by atoms with E-state index in [0.29, 0.717) is 17.1 Å². The first kappa shape index (κ1) is 21.1. The van der Waals surface area contributed by atoms with Gasteiger partial charge in [-0.1, -0.05) is 42.0 Å². The summed E-state index contributed by atoms with van der Waals surface area (Å²) in [6.07, 6.45) is -3.49. The first-order chi connectivity index (χ1) is 15.3. The fourth-order valence-corrected chi connectivity index (χ4v) is 3.42. The largest absolute Gasteiger partial charge is 0.444 e. The smallest absolute Gasteiger partial charge is 0.407 e. The standard InChI is InChI=1S/C24H16F3N3O2/c1-15-7-6-10-17(11-15)20-12-19(24(25,26)27)21(28-2)23(31)30(20)13-18-14-32-22(29-18)16-8-4-3-5-9-16/h3-12,14H,13H2,1H3. The van der Waals surface area contributed by atoms with E-state index >= 15 is 0 Å². The zero-order valence-corrected chi connectivity index (χ0v) is 16.8. The van der Waals surface area contributed by atoms with Crippen LogP contribution in [0.1, 0.15) is 16.8 Å². The summed E-state index contributed by atoms with van der Waals surface area (Å²) in [5.74, 6) is 0.322. The second-order valence-electron chi connectivity index (χ2n) is 7.17. The van der Waals surface area contributed by atoms with Crippen LogP contribution in [0.15, 0.2) is 76.1 Å². The third-order valence-corrected chi connectivity index (χ3v) is 4.90. The molecule has 0 aliphatic heterocycles. The monoisotopic (exact) mass is 435 g/mol. The molecule has 2 heterocycles. The Bertz CT molecular complexity index is 1380. The highest BCUT2D eigenvalue weighted by molar-refractivity contribution is 5.66. The Balaban J connectivity index is 1.88. The van der Waals surface area contributed by atoms with Gasteiger partial charge in [0.1, 0.15) is 6.26 Å². The number of pyridine rings is 1. The van der Waals surface area contributed by atoms with Gasteiger partial charge in [0.25, 0.3) is 11.2 Å². The first-order valence-electron chi connectivity index (χ1n) is 9.57. The lowest BCUT2D eigenvalue weighted by molar-refractivity contribution is -0.136. The minimum atomic E-state index is -4.84. The van der Waals surface area contributed by atoms with E-state index in [4.69, 9.17) is 11.0 Å². The molecule has 5 nitrogen and oxygen atoms in total. The van der Waals surface area contributed by atoms with E-state index in [-0.39, 0.29) is 12.2 Å². The van der Waals surface area contributed by atoms with E-state index < -0.39 is 23.0 Å². The molecule has 0 unspecified atom stereocenters. The molecule has 0 atom stereocenters. The van der Waals surface area contributed by atoms with Crippen LogP contribution in [-0.4, -0.2) is 9.55 Å². The molecule has 0 saturated heterocycles. The summed E-state index contributed by atoms with van der Waals surface area (Å²) in [5, 5.41) is 0. The van der Waals surface area contributed by atoms with Gasteiger partial charge in [-0.2, -0.15) is 13.2 Å². The quantitative estimate of drug-likeness (QED) is 0.364. The zero-order chi connectivity index (χ0) is 22.9. The average molecular weight is 435 g/mol. The van der Waals surface area contributed by atoms with Crippen molar-refractivity contribution in [2.45, 2.75) is 19.6 Å². The number of rotatable bonds is 4. The van der Waals surface area contributed by atoms with Crippen LogP contribution in [0.5, 0.6) is 0 Å². The van der Waals surface area contributed by atoms with Gasteiger partial charge in [-0.25, -0.2) is 9.83 Å². The van der Waals surface area contributed by atoms with Crippen LogP contribution in [0, 0.1) is 13.5 Å². The predicted molar refractivity (Wildman–Crippen MR) is 113 cm³/mol. The molecule has 8 heteroatoms. The molecule has 4 aromatic rings. The zero-order valence-electron chi connectivity index (χ0n) is 16.8. The fourth-order valence-electron chi connectivity index (χ4n) is 3.42. The molecule has 0 aliphatic carbocycles. The third-order valence-electron chi connectivity index (χ3n) is 4.90. The molecular weight excluding hydrogens is 419 g/mol. The number of nitrogens with zero attached hydrogens (tertiary/aromatic N) is 3. The van der Waals surface area contributed by atoms with Crippen LogP contribution in [0.3, 0.4) is 0 Å². The van der Waals surface area contributed by atoms with Crippen molar-refractivity contribution in [3.63, 3.8) is 0 Å². The molecular formula is C24H16F3N3O2. The molecule has 0 radical (unpaired) electrons. The van der Waals surface area contributed by atoms with Gasteiger partial charge in [0, 0.05) is 11.3 Å². The number of oxazole rings is 1. The number of aromatic nitrogens is 2. The summed E-state index contributed by atoms with van der Waals surface area (Å²) in [4.78, 5) is 20.3. The van der Waals surface area contributed by atoms with Gasteiger partial charge in [0.2, 0.25) is 5.89 Å². The van der Waals surface area contributed by atoms with Crippen LogP contribution in [0.4, 0.5) is 18.9 Å². The normalized spacial score (nSPS) is 11.3. The average Bonchev–Trinajstić information content (AvgIpc) is 3.23. The van der Waals surface area contributed by atoms with Crippen molar-refractivity contribution in [2.75, 3.05) is 0 Å². The third kappa shape index (κ3) is 4.05. The predicted octanol–water partition coefficient (Wildman–Crippen LogP) is 6.10. The van der Waals surface area contributed by atoms with Crippen molar-refractivity contribution in [2.24, 2.45) is 0 Å². The molecule has 32 heavy (non-hydrogen) atoms. The second kappa shape index (κ2) is 8.19. The van der Waals surface area contributed by atoms with Gasteiger partial charge >= 0.3 is 6.18 Å². The van der Waals surface area contributed by atoms with Gasteiger partial charge in [0.15, 0.2) is 0 Å². The summed E-state index contributed by atoms with van der Waals surface area (Å²) in [6.45, 7) is 8.83. The molecule has 0 fully saturated rings. The lowest BCUT2D eigenvalue weighted by Crippen LogP contribution is -2.25. The number of halogens is 3. The Labute approximate surface area is 181 Å². The summed E-state index contributed by atoms with van der Waals surface area (Å²) in [6, 6.07) is 16.7. The maximum Gasteiger partial charge on any atom is 0.407 e. The van der Waals surface area contributed by atoms with Crippen LogP contribution < -0.4 is 5.56 Å². The minimum absolute atomic E-state index is 0.0442. The van der Waals surface area contributed by atoms with Gasteiger partial charge in [-0.05, 0) is 36.8 Å². The Morgan fingerprint density at radius 3 is 2.44 bits per heavy atom. The van der Waals surface area contributed by atoms with Crippen LogP contribution >= 0.6 is 0 Å². The summed E-state index contributed by atoms with van der Waals surface area (Å²) >= 11 is 0. The second-order valence-corrected chi connectivity index (χ2v) is 7.17. The molecule has 0 bridgehead atoms. The molecule has 2 aromatic carbocycles. The summed E-state index contributed by atoms with van der Waals surface area (Å²) in [7, 11) is 0. The highest BCUT2D eigenvalue weighted by atomic mass is 19.4. The van der Waals surface area contributed by atoms with E-state index in [1.807, 2.05) is 18.2 Å². The Kier molecular flexibility index (Phi) is 5.41. The minimum Gasteiger partial charge on any atom is -0.444 e. The molecule has 2 aromatic heterocycles. The van der Waals surface area contributed by atoms with Crippen molar-refractivity contribution in [1.29, 1.82) is 0 Å². The van der Waals surface area contributed by atoms with Crippen molar-refractivity contribution >= 4 is 5.69 Å². The Morgan fingerprint density at radius 2 is 1.78 bits per heavy atom.